The maximum Gasteiger partial charge on any atom is 0.229 e. The van der Waals surface area contributed by atoms with Crippen molar-refractivity contribution in [2.24, 2.45) is 5.92 Å². The summed E-state index contributed by atoms with van der Waals surface area (Å²) in [7, 11) is 0. The van der Waals surface area contributed by atoms with Crippen molar-refractivity contribution < 1.29 is 4.79 Å². The molecule has 2 aromatic rings. The molecule has 1 aliphatic heterocycles. The van der Waals surface area contributed by atoms with Crippen LogP contribution in [0.5, 0.6) is 0 Å². The minimum atomic E-state index is -0.0547. The van der Waals surface area contributed by atoms with Crippen molar-refractivity contribution in [2.75, 3.05) is 13.1 Å². The summed E-state index contributed by atoms with van der Waals surface area (Å²) in [5, 5.41) is 0. The van der Waals surface area contributed by atoms with Gasteiger partial charge in [0.15, 0.2) is 0 Å². The molecule has 0 aliphatic carbocycles. The third kappa shape index (κ3) is 3.53. The number of carbonyl (C=O) groups is 1. The van der Waals surface area contributed by atoms with E-state index in [1.54, 1.807) is 0 Å². The molecule has 0 N–H and O–H groups in total. The smallest absolute Gasteiger partial charge is 0.229 e. The first-order valence-corrected chi connectivity index (χ1v) is 8.88. The van der Waals surface area contributed by atoms with Crippen LogP contribution in [-0.2, 0) is 11.3 Å². The second-order valence-electron chi connectivity index (χ2n) is 6.96. The number of likely N-dealkylation sites (tertiary alicyclic amines) is 1. The Labute approximate surface area is 144 Å². The predicted octanol–water partition coefficient (Wildman–Crippen LogP) is 3.54. The first-order chi connectivity index (χ1) is 11.6. The highest BCUT2D eigenvalue weighted by molar-refractivity contribution is 5.83. The van der Waals surface area contributed by atoms with Crippen LogP contribution < -0.4 is 0 Å². The fourth-order valence-corrected chi connectivity index (χ4v) is 3.61. The van der Waals surface area contributed by atoms with E-state index in [4.69, 9.17) is 0 Å². The zero-order valence-corrected chi connectivity index (χ0v) is 14.9. The van der Waals surface area contributed by atoms with Gasteiger partial charge in [-0.05, 0) is 45.1 Å². The molecule has 0 radical (unpaired) electrons. The van der Waals surface area contributed by atoms with E-state index in [-0.39, 0.29) is 11.8 Å². The summed E-state index contributed by atoms with van der Waals surface area (Å²) < 4.78 is 2.30. The van der Waals surface area contributed by atoms with Gasteiger partial charge in [0, 0.05) is 31.5 Å². The lowest BCUT2D eigenvalue weighted by atomic mass is 9.94. The highest BCUT2D eigenvalue weighted by Gasteiger charge is 2.27. The Morgan fingerprint density at radius 3 is 2.46 bits per heavy atom. The summed E-state index contributed by atoms with van der Waals surface area (Å²) in [6.07, 6.45) is 4.09. The number of aromatic nitrogens is 2. The molecule has 1 aromatic heterocycles. The number of amides is 1. The number of hydrogen-bond donors (Lipinski definition) is 0. The van der Waals surface area contributed by atoms with Gasteiger partial charge in [0.05, 0.1) is 5.92 Å². The second kappa shape index (κ2) is 7.20. The Bertz CT molecular complexity index is 665. The fourth-order valence-electron chi connectivity index (χ4n) is 3.61. The van der Waals surface area contributed by atoms with Crippen LogP contribution in [0.25, 0.3) is 0 Å². The van der Waals surface area contributed by atoms with Gasteiger partial charge in [0.2, 0.25) is 5.91 Å². The minimum Gasteiger partial charge on any atom is -0.342 e. The van der Waals surface area contributed by atoms with E-state index >= 15 is 0 Å². The minimum absolute atomic E-state index is 0.0547. The molecule has 1 unspecified atom stereocenters. The molecule has 2 heterocycles. The summed E-state index contributed by atoms with van der Waals surface area (Å²) in [5.74, 6) is 1.92. The molecule has 128 valence electrons. The zero-order chi connectivity index (χ0) is 17.1. The van der Waals surface area contributed by atoms with E-state index in [0.29, 0.717) is 5.92 Å². The topological polar surface area (TPSA) is 38.1 Å². The highest BCUT2D eigenvalue weighted by atomic mass is 16.2. The summed E-state index contributed by atoms with van der Waals surface area (Å²) >= 11 is 0. The van der Waals surface area contributed by atoms with E-state index in [9.17, 15) is 4.79 Å². The van der Waals surface area contributed by atoms with Crippen molar-refractivity contribution in [3.8, 4) is 0 Å². The molecular formula is C20H27N3O. The number of nitrogens with zero attached hydrogens (tertiary/aromatic N) is 3. The van der Waals surface area contributed by atoms with Gasteiger partial charge in [-0.2, -0.15) is 0 Å². The lowest BCUT2D eigenvalue weighted by molar-refractivity contribution is -0.133. The van der Waals surface area contributed by atoms with Crippen molar-refractivity contribution in [3.63, 3.8) is 0 Å². The zero-order valence-electron chi connectivity index (χ0n) is 14.9. The summed E-state index contributed by atoms with van der Waals surface area (Å²) in [5.41, 5.74) is 2.33. The van der Waals surface area contributed by atoms with Gasteiger partial charge in [-0.1, -0.05) is 30.3 Å². The third-order valence-electron chi connectivity index (χ3n) is 5.29. The number of aryl methyl sites for hydroxylation is 2. The molecular weight excluding hydrogens is 298 g/mol. The fraction of sp³-hybridized carbons (Fsp3) is 0.500. The maximum absolute atomic E-state index is 12.7. The van der Waals surface area contributed by atoms with E-state index in [2.05, 4.69) is 23.4 Å². The van der Waals surface area contributed by atoms with Crippen LogP contribution in [0.1, 0.15) is 42.8 Å². The standard InChI is InChI=1S/C20H27N3O/c1-15-13-21-17(3)23(15)14-18-9-11-22(12-10-18)20(24)16(2)19-7-5-4-6-8-19/h4-8,13,16,18H,9-12,14H2,1-3H3. The van der Waals surface area contributed by atoms with Crippen molar-refractivity contribution in [2.45, 2.75) is 46.1 Å². The average molecular weight is 325 g/mol. The molecule has 1 saturated heterocycles. The van der Waals surface area contributed by atoms with Crippen LogP contribution in [0, 0.1) is 19.8 Å². The lowest BCUT2D eigenvalue weighted by Gasteiger charge is -2.34. The SMILES string of the molecule is Cc1cnc(C)n1CC1CCN(C(=O)C(C)c2ccccc2)CC1. The summed E-state index contributed by atoms with van der Waals surface area (Å²) in [4.78, 5) is 19.2. The Kier molecular flexibility index (Phi) is 5.03. The number of hydrogen-bond acceptors (Lipinski definition) is 2. The molecule has 1 fully saturated rings. The molecule has 0 spiro atoms. The van der Waals surface area contributed by atoms with Gasteiger partial charge in [-0.25, -0.2) is 4.98 Å². The Morgan fingerprint density at radius 2 is 1.88 bits per heavy atom. The van der Waals surface area contributed by atoms with E-state index in [1.807, 2.05) is 48.4 Å². The average Bonchev–Trinajstić information content (AvgIpc) is 2.94. The molecule has 4 nitrogen and oxygen atoms in total. The van der Waals surface area contributed by atoms with Gasteiger partial charge < -0.3 is 9.47 Å². The van der Waals surface area contributed by atoms with Crippen molar-refractivity contribution in [3.05, 3.63) is 53.6 Å². The van der Waals surface area contributed by atoms with Crippen LogP contribution in [0.4, 0.5) is 0 Å². The third-order valence-corrected chi connectivity index (χ3v) is 5.29. The van der Waals surface area contributed by atoms with Crippen LogP contribution >= 0.6 is 0 Å². The molecule has 4 heteroatoms. The summed E-state index contributed by atoms with van der Waals surface area (Å²) in [6.45, 7) is 8.95. The Balaban J connectivity index is 1.56. The van der Waals surface area contributed by atoms with Crippen LogP contribution in [0.15, 0.2) is 36.5 Å². The molecule has 0 bridgehead atoms. The highest BCUT2D eigenvalue weighted by Crippen LogP contribution is 2.24. The van der Waals surface area contributed by atoms with Crippen molar-refractivity contribution in [1.29, 1.82) is 0 Å². The number of benzene rings is 1. The quantitative estimate of drug-likeness (QED) is 0.862. The van der Waals surface area contributed by atoms with E-state index in [0.717, 1.165) is 43.9 Å². The van der Waals surface area contributed by atoms with Crippen LogP contribution in [-0.4, -0.2) is 33.4 Å². The predicted molar refractivity (Wildman–Crippen MR) is 95.9 cm³/mol. The largest absolute Gasteiger partial charge is 0.342 e. The van der Waals surface area contributed by atoms with Crippen molar-refractivity contribution >= 4 is 5.91 Å². The van der Waals surface area contributed by atoms with E-state index < -0.39 is 0 Å². The number of rotatable bonds is 4. The molecule has 1 aliphatic rings. The lowest BCUT2D eigenvalue weighted by Crippen LogP contribution is -2.41. The van der Waals surface area contributed by atoms with Gasteiger partial charge in [0.25, 0.3) is 0 Å². The molecule has 1 aromatic carbocycles. The number of imidazole rings is 1. The maximum atomic E-state index is 12.7. The van der Waals surface area contributed by atoms with Gasteiger partial charge >= 0.3 is 0 Å². The first kappa shape index (κ1) is 16.7. The molecule has 1 amide bonds. The van der Waals surface area contributed by atoms with Crippen LogP contribution in [0.3, 0.4) is 0 Å². The number of carbonyl (C=O) groups excluding carboxylic acids is 1. The second-order valence-corrected chi connectivity index (χ2v) is 6.96. The van der Waals surface area contributed by atoms with Gasteiger partial charge in [0.1, 0.15) is 5.82 Å². The van der Waals surface area contributed by atoms with Crippen LogP contribution in [0.2, 0.25) is 0 Å². The molecule has 1 atom stereocenters. The summed E-state index contributed by atoms with van der Waals surface area (Å²) in [6, 6.07) is 10.1. The van der Waals surface area contributed by atoms with Crippen molar-refractivity contribution in [1.82, 2.24) is 14.5 Å². The monoisotopic (exact) mass is 325 g/mol. The van der Waals surface area contributed by atoms with Gasteiger partial charge in [-0.3, -0.25) is 4.79 Å². The van der Waals surface area contributed by atoms with E-state index in [1.165, 1.54) is 5.69 Å². The van der Waals surface area contributed by atoms with Gasteiger partial charge in [-0.15, -0.1) is 0 Å². The Morgan fingerprint density at radius 1 is 1.21 bits per heavy atom. The first-order valence-electron chi connectivity index (χ1n) is 8.88. The molecule has 0 saturated carbocycles. The molecule has 3 rings (SSSR count). The molecule has 24 heavy (non-hydrogen) atoms. The number of piperidine rings is 1. The normalized spacial score (nSPS) is 17.0. The Hall–Kier alpha value is -2.10.